The standard InChI is InChI=1S/C21H28Cl2N2O4/c1-4-29-20(27)16-7-9-17(10-8-16)21(11-13-28-14-21)24-19(26)18(6-5-12-22)25(3)15(2)23/h6-10,15H,4-5,11-14H2,1-3H3,(H,24,26)/b18-6-. The maximum atomic E-state index is 13.1. The van der Waals surface area contributed by atoms with Crippen molar-refractivity contribution in [3.63, 3.8) is 0 Å². The van der Waals surface area contributed by atoms with Crippen molar-refractivity contribution in [3.8, 4) is 0 Å². The average Bonchev–Trinajstić information content (AvgIpc) is 3.18. The molecule has 2 unspecified atom stereocenters. The Morgan fingerprint density at radius 2 is 2.07 bits per heavy atom. The van der Waals surface area contributed by atoms with Gasteiger partial charge in [0.1, 0.15) is 5.50 Å². The first kappa shape index (κ1) is 23.5. The summed E-state index contributed by atoms with van der Waals surface area (Å²) in [5.74, 6) is -0.209. The highest BCUT2D eigenvalue weighted by atomic mass is 35.5. The number of carbonyl (C=O) groups is 2. The van der Waals surface area contributed by atoms with Crippen molar-refractivity contribution in [1.29, 1.82) is 0 Å². The normalized spacial score (nSPS) is 20.2. The summed E-state index contributed by atoms with van der Waals surface area (Å²) in [7, 11) is 1.77. The van der Waals surface area contributed by atoms with Crippen LogP contribution in [0.5, 0.6) is 0 Å². The highest BCUT2D eigenvalue weighted by molar-refractivity contribution is 6.20. The van der Waals surface area contributed by atoms with Crippen LogP contribution in [0.15, 0.2) is 36.0 Å². The van der Waals surface area contributed by atoms with Gasteiger partial charge in [0.2, 0.25) is 0 Å². The maximum absolute atomic E-state index is 13.1. The quantitative estimate of drug-likeness (QED) is 0.273. The molecule has 1 aromatic rings. The van der Waals surface area contributed by atoms with Crippen molar-refractivity contribution >= 4 is 35.1 Å². The molecule has 0 radical (unpaired) electrons. The molecule has 1 fully saturated rings. The Labute approximate surface area is 182 Å². The number of alkyl halides is 2. The Bertz CT molecular complexity index is 729. The third-order valence-corrected chi connectivity index (χ3v) is 5.43. The lowest BCUT2D eigenvalue weighted by molar-refractivity contribution is -0.121. The average molecular weight is 443 g/mol. The van der Waals surface area contributed by atoms with Gasteiger partial charge in [-0.3, -0.25) is 4.79 Å². The molecule has 0 aliphatic carbocycles. The lowest BCUT2D eigenvalue weighted by Crippen LogP contribution is -2.49. The van der Waals surface area contributed by atoms with Gasteiger partial charge in [0.05, 0.1) is 30.0 Å². The van der Waals surface area contributed by atoms with E-state index < -0.39 is 5.54 Å². The summed E-state index contributed by atoms with van der Waals surface area (Å²) in [6.45, 7) is 4.76. The number of nitrogens with one attached hydrogen (secondary N) is 1. The molecule has 6 nitrogen and oxygen atoms in total. The van der Waals surface area contributed by atoms with Gasteiger partial charge in [-0.25, -0.2) is 4.79 Å². The zero-order valence-electron chi connectivity index (χ0n) is 17.0. The lowest BCUT2D eigenvalue weighted by atomic mass is 9.88. The monoisotopic (exact) mass is 442 g/mol. The summed E-state index contributed by atoms with van der Waals surface area (Å²) in [6, 6.07) is 7.07. The van der Waals surface area contributed by atoms with E-state index >= 15 is 0 Å². The van der Waals surface area contributed by atoms with Crippen LogP contribution in [-0.2, 0) is 19.8 Å². The highest BCUT2D eigenvalue weighted by Crippen LogP contribution is 2.31. The third-order valence-electron chi connectivity index (χ3n) is 4.92. The Morgan fingerprint density at radius 3 is 2.59 bits per heavy atom. The number of amides is 1. The first-order valence-electron chi connectivity index (χ1n) is 9.65. The van der Waals surface area contributed by atoms with E-state index in [4.69, 9.17) is 32.7 Å². The number of esters is 1. The van der Waals surface area contributed by atoms with Crippen molar-refractivity contribution in [2.45, 2.75) is 37.7 Å². The van der Waals surface area contributed by atoms with Crippen molar-refractivity contribution in [2.75, 3.05) is 32.7 Å². The molecule has 2 atom stereocenters. The van der Waals surface area contributed by atoms with Crippen LogP contribution in [0.1, 0.15) is 42.6 Å². The molecule has 29 heavy (non-hydrogen) atoms. The summed E-state index contributed by atoms with van der Waals surface area (Å²) in [5.41, 5.74) is 0.759. The Kier molecular flexibility index (Phi) is 8.80. The van der Waals surface area contributed by atoms with Crippen LogP contribution in [0.2, 0.25) is 0 Å². The Balaban J connectivity index is 2.28. The molecule has 1 aromatic carbocycles. The summed E-state index contributed by atoms with van der Waals surface area (Å²) in [6.07, 6.45) is 2.96. The number of ether oxygens (including phenoxy) is 2. The van der Waals surface area contributed by atoms with Gasteiger partial charge >= 0.3 is 5.97 Å². The molecule has 0 aromatic heterocycles. The van der Waals surface area contributed by atoms with Crippen molar-refractivity contribution in [3.05, 3.63) is 47.2 Å². The second kappa shape index (κ2) is 10.9. The van der Waals surface area contributed by atoms with E-state index in [-0.39, 0.29) is 17.4 Å². The fraction of sp³-hybridized carbons (Fsp3) is 0.524. The number of rotatable bonds is 9. The molecule has 1 N–H and O–H groups in total. The van der Waals surface area contributed by atoms with Crippen LogP contribution >= 0.6 is 23.2 Å². The van der Waals surface area contributed by atoms with Gasteiger partial charge in [-0.1, -0.05) is 29.8 Å². The number of hydrogen-bond acceptors (Lipinski definition) is 5. The Morgan fingerprint density at radius 1 is 1.38 bits per heavy atom. The van der Waals surface area contributed by atoms with E-state index in [9.17, 15) is 9.59 Å². The van der Waals surface area contributed by atoms with Gasteiger partial charge in [0, 0.05) is 26.0 Å². The highest BCUT2D eigenvalue weighted by Gasteiger charge is 2.39. The third kappa shape index (κ3) is 5.87. The summed E-state index contributed by atoms with van der Waals surface area (Å²) < 4.78 is 10.6. The molecule has 1 aliphatic rings. The predicted octanol–water partition coefficient (Wildman–Crippen LogP) is 3.62. The zero-order chi connectivity index (χ0) is 21.4. The number of carbonyl (C=O) groups excluding carboxylic acids is 2. The molecule has 0 saturated carbocycles. The molecule has 1 saturated heterocycles. The smallest absolute Gasteiger partial charge is 0.338 e. The van der Waals surface area contributed by atoms with Crippen LogP contribution in [0.25, 0.3) is 0 Å². The predicted molar refractivity (Wildman–Crippen MR) is 114 cm³/mol. The van der Waals surface area contributed by atoms with Crippen molar-refractivity contribution in [1.82, 2.24) is 10.2 Å². The van der Waals surface area contributed by atoms with Crippen LogP contribution in [0.3, 0.4) is 0 Å². The SMILES string of the molecule is CCOC(=O)c1ccc(C2(NC(=O)/C(=C/CCCl)N(C)C(C)Cl)CCOC2)cc1. The van der Waals surface area contributed by atoms with Crippen LogP contribution in [0.4, 0.5) is 0 Å². The summed E-state index contributed by atoms with van der Waals surface area (Å²) in [4.78, 5) is 26.8. The van der Waals surface area contributed by atoms with Gasteiger partial charge in [-0.15, -0.1) is 11.6 Å². The van der Waals surface area contributed by atoms with Crippen LogP contribution in [-0.4, -0.2) is 55.0 Å². The number of allylic oxidation sites excluding steroid dienone is 1. The van der Waals surface area contributed by atoms with Gasteiger partial charge in [0.25, 0.3) is 5.91 Å². The maximum Gasteiger partial charge on any atom is 0.338 e. The number of halogens is 2. The minimum absolute atomic E-state index is 0.245. The second-order valence-corrected chi connectivity index (χ2v) is 7.90. The molecule has 0 spiro atoms. The number of likely N-dealkylation sites (N-methyl/N-ethyl adjacent to an activating group) is 1. The topological polar surface area (TPSA) is 67.9 Å². The van der Waals surface area contributed by atoms with Crippen LogP contribution in [0, 0.1) is 0 Å². The largest absolute Gasteiger partial charge is 0.462 e. The van der Waals surface area contributed by atoms with Gasteiger partial charge in [0.15, 0.2) is 0 Å². The molecular formula is C21H28Cl2N2O4. The van der Waals surface area contributed by atoms with Gasteiger partial charge in [-0.2, -0.15) is 0 Å². The summed E-state index contributed by atoms with van der Waals surface area (Å²) >= 11 is 12.0. The Hall–Kier alpha value is -1.76. The van der Waals surface area contributed by atoms with Gasteiger partial charge < -0.3 is 19.7 Å². The molecule has 160 valence electrons. The second-order valence-electron chi connectivity index (χ2n) is 6.89. The molecule has 1 aliphatic heterocycles. The number of benzene rings is 1. The minimum Gasteiger partial charge on any atom is -0.462 e. The van der Waals surface area contributed by atoms with Crippen LogP contribution < -0.4 is 5.32 Å². The first-order chi connectivity index (χ1) is 13.8. The molecule has 1 heterocycles. The van der Waals surface area contributed by atoms with E-state index in [1.807, 2.05) is 12.1 Å². The minimum atomic E-state index is -0.680. The van der Waals surface area contributed by atoms with E-state index in [0.29, 0.717) is 49.8 Å². The van der Waals surface area contributed by atoms with Crippen molar-refractivity contribution < 1.29 is 19.1 Å². The fourth-order valence-electron chi connectivity index (χ4n) is 3.16. The molecular weight excluding hydrogens is 415 g/mol. The van der Waals surface area contributed by atoms with E-state index in [2.05, 4.69) is 5.32 Å². The molecule has 2 rings (SSSR count). The fourth-order valence-corrected chi connectivity index (χ4v) is 3.38. The number of nitrogens with zero attached hydrogens (tertiary/aromatic N) is 1. The van der Waals surface area contributed by atoms with Gasteiger partial charge in [-0.05, 0) is 38.0 Å². The lowest BCUT2D eigenvalue weighted by Gasteiger charge is -2.32. The molecule has 1 amide bonds. The zero-order valence-corrected chi connectivity index (χ0v) is 18.6. The number of hydrogen-bond donors (Lipinski definition) is 1. The van der Waals surface area contributed by atoms with E-state index in [1.54, 1.807) is 44.0 Å². The van der Waals surface area contributed by atoms with E-state index in [0.717, 1.165) is 5.56 Å². The molecule has 8 heteroatoms. The molecule has 0 bridgehead atoms. The van der Waals surface area contributed by atoms with Crippen molar-refractivity contribution in [2.24, 2.45) is 0 Å². The first-order valence-corrected chi connectivity index (χ1v) is 10.6. The van der Waals surface area contributed by atoms with E-state index in [1.165, 1.54) is 0 Å². The summed E-state index contributed by atoms with van der Waals surface area (Å²) in [5, 5.41) is 3.14.